The smallest absolute Gasteiger partial charge is 0.232 e. The van der Waals surface area contributed by atoms with E-state index in [2.05, 4.69) is 11.1 Å². The first kappa shape index (κ1) is 13.4. The summed E-state index contributed by atoms with van der Waals surface area (Å²) in [4.78, 5) is 4.39. The highest BCUT2D eigenvalue weighted by atomic mass is 35.5. The van der Waals surface area contributed by atoms with E-state index in [1.807, 2.05) is 32.0 Å². The van der Waals surface area contributed by atoms with Gasteiger partial charge in [-0.15, -0.1) is 0 Å². The van der Waals surface area contributed by atoms with Crippen LogP contribution in [0.3, 0.4) is 0 Å². The Morgan fingerprint density at radius 1 is 1.21 bits per heavy atom. The normalized spacial score (nSPS) is 10.3. The van der Waals surface area contributed by atoms with Crippen LogP contribution in [0, 0.1) is 11.3 Å². The largest absolute Gasteiger partial charge is 0.474 e. The van der Waals surface area contributed by atoms with Gasteiger partial charge in [-0.2, -0.15) is 5.26 Å². The van der Waals surface area contributed by atoms with Gasteiger partial charge in [0.05, 0.1) is 11.8 Å². The number of nitriles is 1. The third-order valence-electron chi connectivity index (χ3n) is 2.48. The lowest BCUT2D eigenvalue weighted by Gasteiger charge is -2.12. The van der Waals surface area contributed by atoms with E-state index in [4.69, 9.17) is 21.6 Å². The van der Waals surface area contributed by atoms with Crippen molar-refractivity contribution >= 4 is 11.6 Å². The van der Waals surface area contributed by atoms with Gasteiger partial charge >= 0.3 is 0 Å². The second-order valence-electron chi connectivity index (χ2n) is 4.31. The number of hydrogen-bond donors (Lipinski definition) is 0. The summed E-state index contributed by atoms with van der Waals surface area (Å²) in [6, 6.07) is 13.0. The molecular weight excluding hydrogens is 260 g/mol. The number of hydrogen-bond acceptors (Lipinski definition) is 3. The van der Waals surface area contributed by atoms with Crippen molar-refractivity contribution < 1.29 is 4.74 Å². The van der Waals surface area contributed by atoms with Gasteiger partial charge in [-0.25, -0.2) is 4.98 Å². The molecule has 0 unspecified atom stereocenters. The highest BCUT2D eigenvalue weighted by Gasteiger charge is 2.11. The molecule has 0 atom stereocenters. The van der Waals surface area contributed by atoms with Crippen molar-refractivity contribution in [1.29, 1.82) is 5.26 Å². The Labute approximate surface area is 117 Å². The number of rotatable bonds is 3. The van der Waals surface area contributed by atoms with Crippen LogP contribution in [0.4, 0.5) is 0 Å². The second-order valence-corrected chi connectivity index (χ2v) is 4.71. The molecule has 3 nitrogen and oxygen atoms in total. The van der Waals surface area contributed by atoms with Crippen molar-refractivity contribution in [2.24, 2.45) is 0 Å². The molecule has 0 aliphatic carbocycles. The van der Waals surface area contributed by atoms with Crippen molar-refractivity contribution in [2.75, 3.05) is 0 Å². The Balaban J connectivity index is 2.50. The van der Waals surface area contributed by atoms with E-state index in [-0.39, 0.29) is 6.10 Å². The van der Waals surface area contributed by atoms with Gasteiger partial charge in [0.15, 0.2) is 0 Å². The van der Waals surface area contributed by atoms with E-state index < -0.39 is 0 Å². The maximum atomic E-state index is 9.05. The van der Waals surface area contributed by atoms with Crippen LogP contribution in [0.25, 0.3) is 11.3 Å². The summed E-state index contributed by atoms with van der Waals surface area (Å²) in [6.07, 6.45) is -0.0407. The van der Waals surface area contributed by atoms with Crippen molar-refractivity contribution in [3.05, 3.63) is 47.0 Å². The molecule has 4 heteroatoms. The monoisotopic (exact) mass is 272 g/mol. The van der Waals surface area contributed by atoms with Crippen LogP contribution in [-0.2, 0) is 0 Å². The molecule has 96 valence electrons. The standard InChI is InChI=1S/C15H13ClN2O/c1-10(2)19-15-11(9-17)7-8-14(18-15)12-5-3-4-6-13(12)16/h3-8,10H,1-2H3. The number of benzene rings is 1. The molecule has 0 saturated carbocycles. The Morgan fingerprint density at radius 2 is 1.95 bits per heavy atom. The minimum Gasteiger partial charge on any atom is -0.474 e. The van der Waals surface area contributed by atoms with Crippen LogP contribution in [0.15, 0.2) is 36.4 Å². The molecule has 19 heavy (non-hydrogen) atoms. The summed E-state index contributed by atoms with van der Waals surface area (Å²) in [6.45, 7) is 3.79. The van der Waals surface area contributed by atoms with Crippen LogP contribution in [0.5, 0.6) is 5.88 Å². The maximum absolute atomic E-state index is 9.05. The van der Waals surface area contributed by atoms with Crippen molar-refractivity contribution in [3.8, 4) is 23.2 Å². The summed E-state index contributed by atoms with van der Waals surface area (Å²) in [5.74, 6) is 0.343. The molecule has 0 fully saturated rings. The van der Waals surface area contributed by atoms with Crippen LogP contribution in [0.2, 0.25) is 5.02 Å². The summed E-state index contributed by atoms with van der Waals surface area (Å²) in [5, 5.41) is 9.67. The minimum atomic E-state index is -0.0407. The highest BCUT2D eigenvalue weighted by Crippen LogP contribution is 2.28. The first-order valence-corrected chi connectivity index (χ1v) is 6.32. The van der Waals surface area contributed by atoms with Gasteiger partial charge in [-0.1, -0.05) is 29.8 Å². The molecule has 0 saturated heterocycles. The van der Waals surface area contributed by atoms with Gasteiger partial charge in [0, 0.05) is 10.6 Å². The van der Waals surface area contributed by atoms with Gasteiger partial charge in [-0.05, 0) is 32.0 Å². The minimum absolute atomic E-state index is 0.0407. The van der Waals surface area contributed by atoms with E-state index in [1.165, 1.54) is 0 Å². The number of aromatic nitrogens is 1. The number of ether oxygens (including phenoxy) is 1. The molecule has 2 aromatic rings. The second kappa shape index (κ2) is 5.73. The Kier molecular flexibility index (Phi) is 4.03. The fourth-order valence-electron chi connectivity index (χ4n) is 1.66. The number of pyridine rings is 1. The first-order chi connectivity index (χ1) is 9.11. The average molecular weight is 273 g/mol. The van der Waals surface area contributed by atoms with Crippen LogP contribution >= 0.6 is 11.6 Å². The molecule has 0 radical (unpaired) electrons. The molecule has 2 rings (SSSR count). The molecule has 0 N–H and O–H groups in total. The molecule has 0 amide bonds. The van der Waals surface area contributed by atoms with Gasteiger partial charge in [0.1, 0.15) is 11.6 Å². The van der Waals surface area contributed by atoms with E-state index in [1.54, 1.807) is 18.2 Å². The molecular formula is C15H13ClN2O. The molecule has 1 aromatic carbocycles. The van der Waals surface area contributed by atoms with E-state index in [0.717, 1.165) is 5.56 Å². The average Bonchev–Trinajstić information content (AvgIpc) is 2.38. The van der Waals surface area contributed by atoms with E-state index in [9.17, 15) is 0 Å². The number of nitrogens with zero attached hydrogens (tertiary/aromatic N) is 2. The maximum Gasteiger partial charge on any atom is 0.232 e. The summed E-state index contributed by atoms with van der Waals surface area (Å²) < 4.78 is 5.56. The molecule has 1 aromatic heterocycles. The highest BCUT2D eigenvalue weighted by molar-refractivity contribution is 6.33. The lowest BCUT2D eigenvalue weighted by Crippen LogP contribution is -2.08. The zero-order valence-electron chi connectivity index (χ0n) is 10.7. The van der Waals surface area contributed by atoms with Crippen molar-refractivity contribution in [1.82, 2.24) is 4.98 Å². The van der Waals surface area contributed by atoms with Crippen LogP contribution < -0.4 is 4.74 Å². The van der Waals surface area contributed by atoms with Crippen LogP contribution in [0.1, 0.15) is 19.4 Å². The van der Waals surface area contributed by atoms with E-state index >= 15 is 0 Å². The Bertz CT molecular complexity index is 632. The summed E-state index contributed by atoms with van der Waals surface area (Å²) >= 11 is 6.14. The third-order valence-corrected chi connectivity index (χ3v) is 2.81. The van der Waals surface area contributed by atoms with Gasteiger partial charge in [0.25, 0.3) is 0 Å². The van der Waals surface area contributed by atoms with Crippen LogP contribution in [-0.4, -0.2) is 11.1 Å². The zero-order chi connectivity index (χ0) is 13.8. The van der Waals surface area contributed by atoms with Gasteiger partial charge in [0.2, 0.25) is 5.88 Å². The van der Waals surface area contributed by atoms with Crippen molar-refractivity contribution in [3.63, 3.8) is 0 Å². The lowest BCUT2D eigenvalue weighted by atomic mass is 10.1. The summed E-state index contributed by atoms with van der Waals surface area (Å²) in [5.41, 5.74) is 1.94. The predicted octanol–water partition coefficient (Wildman–Crippen LogP) is 4.06. The van der Waals surface area contributed by atoms with E-state index in [0.29, 0.717) is 22.2 Å². The SMILES string of the molecule is CC(C)Oc1nc(-c2ccccc2Cl)ccc1C#N. The fraction of sp³-hybridized carbons (Fsp3) is 0.200. The number of halogens is 1. The molecule has 1 heterocycles. The fourth-order valence-corrected chi connectivity index (χ4v) is 1.89. The van der Waals surface area contributed by atoms with Crippen molar-refractivity contribution in [2.45, 2.75) is 20.0 Å². The first-order valence-electron chi connectivity index (χ1n) is 5.94. The molecule has 0 bridgehead atoms. The zero-order valence-corrected chi connectivity index (χ0v) is 11.5. The molecule has 0 spiro atoms. The quantitative estimate of drug-likeness (QED) is 0.846. The third kappa shape index (κ3) is 3.04. The molecule has 0 aliphatic heterocycles. The van der Waals surface area contributed by atoms with Gasteiger partial charge < -0.3 is 4.74 Å². The molecule has 0 aliphatic rings. The predicted molar refractivity (Wildman–Crippen MR) is 75.2 cm³/mol. The Hall–Kier alpha value is -2.05. The lowest BCUT2D eigenvalue weighted by molar-refractivity contribution is 0.232. The Morgan fingerprint density at radius 3 is 2.58 bits per heavy atom. The summed E-state index contributed by atoms with van der Waals surface area (Å²) in [7, 11) is 0. The van der Waals surface area contributed by atoms with Gasteiger partial charge in [-0.3, -0.25) is 0 Å². The topological polar surface area (TPSA) is 45.9 Å².